The van der Waals surface area contributed by atoms with Crippen LogP contribution in [0, 0.1) is 0 Å². The molecule has 0 saturated carbocycles. The molecule has 0 radical (unpaired) electrons. The van der Waals surface area contributed by atoms with E-state index in [1.54, 1.807) is 0 Å². The van der Waals surface area contributed by atoms with E-state index in [1.807, 2.05) is 55.1 Å². The summed E-state index contributed by atoms with van der Waals surface area (Å²) in [5.74, 6) is -0.848. The molecule has 0 aromatic heterocycles. The van der Waals surface area contributed by atoms with Gasteiger partial charge in [0, 0.05) is 19.5 Å². The Bertz CT molecular complexity index is 1020. The fourth-order valence-corrected chi connectivity index (χ4v) is 6.48. The average Bonchev–Trinajstić information content (AvgIpc) is 3.10. The molecule has 2 heterocycles. The summed E-state index contributed by atoms with van der Waals surface area (Å²) in [7, 11) is -2.09. The Labute approximate surface area is 218 Å². The van der Waals surface area contributed by atoms with E-state index >= 15 is 0 Å². The van der Waals surface area contributed by atoms with Gasteiger partial charge in [0.25, 0.3) is 0 Å². The molecule has 6 heteroatoms. The smallest absolute Gasteiger partial charge is 0.230 e. The number of rotatable bonds is 5. The second kappa shape index (κ2) is 10.4. The number of benzene rings is 2. The molecule has 2 aromatic rings. The number of hydrogen-bond acceptors (Lipinski definition) is 4. The zero-order valence-electron chi connectivity index (χ0n) is 23.0. The first-order valence-corrected chi connectivity index (χ1v) is 16.2. The summed E-state index contributed by atoms with van der Waals surface area (Å²) in [6.45, 7) is 16.4. The highest BCUT2D eigenvalue weighted by molar-refractivity contribution is 6.74. The second-order valence-electron chi connectivity index (χ2n) is 12.4. The summed E-state index contributed by atoms with van der Waals surface area (Å²) >= 11 is 0. The van der Waals surface area contributed by atoms with Crippen LogP contribution < -0.4 is 0 Å². The molecule has 0 spiro atoms. The van der Waals surface area contributed by atoms with E-state index in [0.717, 1.165) is 11.1 Å². The van der Waals surface area contributed by atoms with Crippen LogP contribution in [0.25, 0.3) is 0 Å². The van der Waals surface area contributed by atoms with Gasteiger partial charge in [-0.3, -0.25) is 4.79 Å². The number of amides is 1. The highest BCUT2D eigenvalue weighted by atomic mass is 28.4. The normalized spacial score (nSPS) is 27.2. The van der Waals surface area contributed by atoms with Crippen LogP contribution in [0.3, 0.4) is 0 Å². The molecule has 1 amide bonds. The van der Waals surface area contributed by atoms with Crippen LogP contribution in [0.1, 0.15) is 64.5 Å². The van der Waals surface area contributed by atoms with Crippen LogP contribution in [0.2, 0.25) is 18.1 Å². The molecule has 2 saturated heterocycles. The Kier molecular flexibility index (Phi) is 7.82. The van der Waals surface area contributed by atoms with Gasteiger partial charge in [0.15, 0.2) is 14.1 Å². The maximum absolute atomic E-state index is 14.3. The van der Waals surface area contributed by atoms with Crippen molar-refractivity contribution in [3.8, 4) is 0 Å². The van der Waals surface area contributed by atoms with Gasteiger partial charge in [-0.1, -0.05) is 81.4 Å². The minimum absolute atomic E-state index is 0.0674. The standard InChI is InChI=1S/C30H43NO4Si/c1-29(2,3)36(6,7)35-24-18-26-27(34-30(4,5)33-26)19-25(23-16-12-9-13-17-23)28(32)31(21-24)20-22-14-10-8-11-15-22/h8-17,24-27H,18-21H2,1-7H3/t24-,25+,26-,27-/m1/s1. The number of carbonyl (C=O) groups excluding carboxylic acids is 1. The van der Waals surface area contributed by atoms with Crippen molar-refractivity contribution >= 4 is 14.2 Å². The van der Waals surface area contributed by atoms with Crippen LogP contribution in [-0.2, 0) is 25.2 Å². The second-order valence-corrected chi connectivity index (χ2v) is 17.1. The molecule has 5 nitrogen and oxygen atoms in total. The van der Waals surface area contributed by atoms with Gasteiger partial charge in [-0.05, 0) is 49.5 Å². The highest BCUT2D eigenvalue weighted by Gasteiger charge is 2.48. The number of ether oxygens (including phenoxy) is 2. The summed E-state index contributed by atoms with van der Waals surface area (Å²) in [6, 6.07) is 20.4. The van der Waals surface area contributed by atoms with Crippen LogP contribution in [0.15, 0.2) is 60.7 Å². The predicted octanol–water partition coefficient (Wildman–Crippen LogP) is 6.50. The van der Waals surface area contributed by atoms with E-state index < -0.39 is 14.1 Å². The fourth-order valence-electron chi connectivity index (χ4n) is 5.12. The van der Waals surface area contributed by atoms with Crippen molar-refractivity contribution in [2.75, 3.05) is 6.54 Å². The predicted molar refractivity (Wildman–Crippen MR) is 146 cm³/mol. The molecule has 196 valence electrons. The number of hydrogen-bond donors (Lipinski definition) is 0. The molecule has 2 aliphatic heterocycles. The zero-order valence-corrected chi connectivity index (χ0v) is 24.0. The third kappa shape index (κ3) is 6.28. The lowest BCUT2D eigenvalue weighted by Crippen LogP contribution is -2.49. The van der Waals surface area contributed by atoms with Gasteiger partial charge in [-0.25, -0.2) is 0 Å². The fraction of sp³-hybridized carbons (Fsp3) is 0.567. The van der Waals surface area contributed by atoms with Crippen molar-refractivity contribution in [2.24, 2.45) is 0 Å². The number of fused-ring (bicyclic) bond motifs is 1. The first kappa shape index (κ1) is 27.1. The lowest BCUT2D eigenvalue weighted by Gasteiger charge is -2.41. The van der Waals surface area contributed by atoms with Crippen LogP contribution in [0.4, 0.5) is 0 Å². The van der Waals surface area contributed by atoms with Gasteiger partial charge in [-0.2, -0.15) is 0 Å². The summed E-state index contributed by atoms with van der Waals surface area (Å²) in [5.41, 5.74) is 2.15. The Morgan fingerprint density at radius 3 is 2.08 bits per heavy atom. The Balaban J connectivity index is 1.73. The van der Waals surface area contributed by atoms with Gasteiger partial charge in [0.05, 0.1) is 24.2 Å². The van der Waals surface area contributed by atoms with Gasteiger partial charge in [0.1, 0.15) is 0 Å². The quantitative estimate of drug-likeness (QED) is 0.432. The molecule has 2 aromatic carbocycles. The lowest BCUT2D eigenvalue weighted by molar-refractivity contribution is -0.153. The van der Waals surface area contributed by atoms with Crippen molar-refractivity contribution in [1.82, 2.24) is 4.90 Å². The number of carbonyl (C=O) groups is 1. The largest absolute Gasteiger partial charge is 0.412 e. The first-order chi connectivity index (χ1) is 16.8. The molecule has 2 aliphatic rings. The maximum Gasteiger partial charge on any atom is 0.230 e. The zero-order chi connectivity index (χ0) is 26.1. The molecular formula is C30H43NO4Si. The van der Waals surface area contributed by atoms with Crippen molar-refractivity contribution in [3.63, 3.8) is 0 Å². The van der Waals surface area contributed by atoms with E-state index in [0.29, 0.717) is 25.9 Å². The molecule has 4 atom stereocenters. The Morgan fingerprint density at radius 2 is 1.50 bits per heavy atom. The summed E-state index contributed by atoms with van der Waals surface area (Å²) in [4.78, 5) is 16.3. The lowest BCUT2D eigenvalue weighted by atomic mass is 9.90. The van der Waals surface area contributed by atoms with E-state index in [-0.39, 0.29) is 35.2 Å². The molecule has 2 fully saturated rings. The first-order valence-electron chi connectivity index (χ1n) is 13.3. The minimum Gasteiger partial charge on any atom is -0.412 e. The topological polar surface area (TPSA) is 48.0 Å². The van der Waals surface area contributed by atoms with Gasteiger partial charge < -0.3 is 18.8 Å². The van der Waals surface area contributed by atoms with E-state index in [2.05, 4.69) is 58.1 Å². The monoisotopic (exact) mass is 509 g/mol. The third-order valence-electron chi connectivity index (χ3n) is 7.97. The maximum atomic E-state index is 14.3. The Hall–Kier alpha value is -1.99. The van der Waals surface area contributed by atoms with Crippen molar-refractivity contribution < 1.29 is 18.7 Å². The molecule has 0 N–H and O–H groups in total. The van der Waals surface area contributed by atoms with E-state index in [1.165, 1.54) is 0 Å². The molecule has 0 aliphatic carbocycles. The molecule has 0 unspecified atom stereocenters. The molecule has 36 heavy (non-hydrogen) atoms. The van der Waals surface area contributed by atoms with Crippen molar-refractivity contribution in [1.29, 1.82) is 0 Å². The minimum atomic E-state index is -2.09. The number of nitrogens with zero attached hydrogens (tertiary/aromatic N) is 1. The average molecular weight is 510 g/mol. The Morgan fingerprint density at radius 1 is 0.944 bits per heavy atom. The third-order valence-corrected chi connectivity index (χ3v) is 12.5. The molecular weight excluding hydrogens is 466 g/mol. The molecule has 4 rings (SSSR count). The van der Waals surface area contributed by atoms with E-state index in [9.17, 15) is 4.79 Å². The highest BCUT2D eigenvalue weighted by Crippen LogP contribution is 2.41. The summed E-state index contributed by atoms with van der Waals surface area (Å²) in [6.07, 6.45) is 0.885. The van der Waals surface area contributed by atoms with E-state index in [4.69, 9.17) is 13.9 Å². The van der Waals surface area contributed by atoms with Gasteiger partial charge in [-0.15, -0.1) is 0 Å². The van der Waals surface area contributed by atoms with Crippen LogP contribution in [0.5, 0.6) is 0 Å². The SMILES string of the molecule is CC1(C)O[C@@H]2C[C@@H](O[Si](C)(C)C(C)(C)C)CN(Cc3ccccc3)C(=O)[C@H](c3ccccc3)C[C@H]2O1. The van der Waals surface area contributed by atoms with Crippen LogP contribution in [-0.4, -0.2) is 49.8 Å². The summed E-state index contributed by atoms with van der Waals surface area (Å²) < 4.78 is 19.8. The summed E-state index contributed by atoms with van der Waals surface area (Å²) in [5, 5.41) is 0.0674. The van der Waals surface area contributed by atoms with Crippen molar-refractivity contribution in [2.45, 2.75) is 102 Å². The van der Waals surface area contributed by atoms with Crippen LogP contribution >= 0.6 is 0 Å². The van der Waals surface area contributed by atoms with Gasteiger partial charge >= 0.3 is 0 Å². The van der Waals surface area contributed by atoms with Crippen molar-refractivity contribution in [3.05, 3.63) is 71.8 Å². The molecule has 0 bridgehead atoms. The van der Waals surface area contributed by atoms with Gasteiger partial charge in [0.2, 0.25) is 5.91 Å².